The lowest BCUT2D eigenvalue weighted by molar-refractivity contribution is 0.540. The highest BCUT2D eigenvalue weighted by Gasteiger charge is 2.15. The van der Waals surface area contributed by atoms with Crippen LogP contribution in [0.3, 0.4) is 0 Å². The van der Waals surface area contributed by atoms with Gasteiger partial charge in [-0.05, 0) is 43.5 Å². The van der Waals surface area contributed by atoms with Gasteiger partial charge in [-0.1, -0.05) is 36.4 Å². The van der Waals surface area contributed by atoms with E-state index in [0.717, 1.165) is 36.8 Å². The monoisotopic (exact) mass is 322 g/mol. The average molecular weight is 322 g/mol. The van der Waals surface area contributed by atoms with Gasteiger partial charge in [-0.3, -0.25) is 4.99 Å². The molecule has 0 spiro atoms. The summed E-state index contributed by atoms with van der Waals surface area (Å²) in [4.78, 5) is 7.19. The number of aryl methyl sites for hydroxylation is 2. The van der Waals surface area contributed by atoms with Gasteiger partial charge in [0.1, 0.15) is 0 Å². The van der Waals surface area contributed by atoms with Gasteiger partial charge in [0.2, 0.25) is 0 Å². The van der Waals surface area contributed by atoms with Crippen molar-refractivity contribution in [1.82, 2.24) is 4.90 Å². The molecule has 1 aliphatic heterocycles. The topological polar surface area (TPSA) is 39.4 Å². The number of anilines is 2. The largest absolute Gasteiger partial charge is 0.326 e. The Morgan fingerprint density at radius 3 is 1.96 bits per heavy atom. The van der Waals surface area contributed by atoms with Crippen LogP contribution in [0, 0.1) is 13.8 Å². The van der Waals surface area contributed by atoms with Gasteiger partial charge in [0.15, 0.2) is 5.96 Å². The molecule has 2 aromatic rings. The molecule has 3 rings (SSSR count). The molecule has 0 atom stereocenters. The highest BCUT2D eigenvalue weighted by Crippen LogP contribution is 2.16. The third-order valence-electron chi connectivity index (χ3n) is 4.24. The number of nitrogens with zero attached hydrogens (tertiary/aromatic N) is 2. The van der Waals surface area contributed by atoms with Crippen LogP contribution in [0.25, 0.3) is 0 Å². The number of aliphatic imine (C=N–C) groups is 1. The van der Waals surface area contributed by atoms with Crippen molar-refractivity contribution in [3.05, 3.63) is 59.7 Å². The molecule has 0 saturated carbocycles. The van der Waals surface area contributed by atoms with E-state index in [4.69, 9.17) is 4.99 Å². The van der Waals surface area contributed by atoms with E-state index in [1.165, 1.54) is 24.2 Å². The molecule has 4 heteroatoms. The van der Waals surface area contributed by atoms with E-state index < -0.39 is 0 Å². The zero-order valence-electron chi connectivity index (χ0n) is 14.5. The molecule has 0 amide bonds. The normalized spacial score (nSPS) is 13.4. The van der Waals surface area contributed by atoms with Crippen LogP contribution in [0.15, 0.2) is 53.5 Å². The fraction of sp³-hybridized carbons (Fsp3) is 0.350. The smallest absolute Gasteiger partial charge is 0.200 e. The minimum Gasteiger partial charge on any atom is -0.326 e. The van der Waals surface area contributed by atoms with Crippen molar-refractivity contribution in [2.24, 2.45) is 4.99 Å². The molecule has 0 radical (unpaired) electrons. The van der Waals surface area contributed by atoms with Crippen molar-refractivity contribution < 1.29 is 0 Å². The van der Waals surface area contributed by atoms with Gasteiger partial charge in [-0.25, -0.2) is 0 Å². The minimum atomic E-state index is 0.810. The molecule has 0 bridgehead atoms. The summed E-state index contributed by atoms with van der Waals surface area (Å²) in [6, 6.07) is 16.6. The Hall–Kier alpha value is -2.33. The lowest BCUT2D eigenvalue weighted by Crippen LogP contribution is -2.23. The van der Waals surface area contributed by atoms with Crippen molar-refractivity contribution in [2.75, 3.05) is 36.8 Å². The first-order valence-corrected chi connectivity index (χ1v) is 8.64. The summed E-state index contributed by atoms with van der Waals surface area (Å²) in [7, 11) is 0. The summed E-state index contributed by atoms with van der Waals surface area (Å²) >= 11 is 0. The van der Waals surface area contributed by atoms with Crippen molar-refractivity contribution in [1.29, 1.82) is 0 Å². The van der Waals surface area contributed by atoms with E-state index in [1.807, 2.05) is 12.1 Å². The third kappa shape index (κ3) is 4.83. The Morgan fingerprint density at radius 1 is 0.917 bits per heavy atom. The minimum absolute atomic E-state index is 0.810. The molecule has 1 heterocycles. The van der Waals surface area contributed by atoms with E-state index in [0.29, 0.717) is 0 Å². The molecule has 4 nitrogen and oxygen atoms in total. The quantitative estimate of drug-likeness (QED) is 0.367. The standard InChI is InChI=1S/C20H26N4/c1-16-8-3-5-10-18(16)22-20(21-12-7-13-24-14-15-24)23-19-11-6-4-9-17(19)2/h3-6,8-11H,7,12-15H2,1-2H3,(H2,21,22,23). The molecular formula is C20H26N4. The summed E-state index contributed by atoms with van der Waals surface area (Å²) in [5.41, 5.74) is 4.59. The van der Waals surface area contributed by atoms with Crippen LogP contribution < -0.4 is 10.6 Å². The third-order valence-corrected chi connectivity index (χ3v) is 4.24. The van der Waals surface area contributed by atoms with Crippen molar-refractivity contribution >= 4 is 17.3 Å². The predicted octanol–water partition coefficient (Wildman–Crippen LogP) is 3.89. The summed E-state index contributed by atoms with van der Waals surface area (Å²) in [6.45, 7) is 8.68. The van der Waals surface area contributed by atoms with Crippen LogP contribution in [0.5, 0.6) is 0 Å². The molecule has 0 aromatic heterocycles. The van der Waals surface area contributed by atoms with Crippen molar-refractivity contribution in [3.8, 4) is 0 Å². The number of hydrogen-bond donors (Lipinski definition) is 2. The van der Waals surface area contributed by atoms with E-state index in [2.05, 4.69) is 65.8 Å². The summed E-state index contributed by atoms with van der Waals surface area (Å²) < 4.78 is 0. The Morgan fingerprint density at radius 2 is 1.46 bits per heavy atom. The van der Waals surface area contributed by atoms with Gasteiger partial charge < -0.3 is 15.5 Å². The van der Waals surface area contributed by atoms with Gasteiger partial charge in [0.05, 0.1) is 0 Å². The Labute approximate surface area is 144 Å². The predicted molar refractivity (Wildman–Crippen MR) is 103 cm³/mol. The Kier molecular flexibility index (Phi) is 5.49. The number of rotatable bonds is 6. The second-order valence-corrected chi connectivity index (χ2v) is 6.31. The molecule has 126 valence electrons. The number of nitrogens with one attached hydrogen (secondary N) is 2. The molecule has 2 N–H and O–H groups in total. The Balaban J connectivity index is 1.70. The molecule has 0 unspecified atom stereocenters. The summed E-state index contributed by atoms with van der Waals surface area (Å²) in [5, 5.41) is 6.90. The second-order valence-electron chi connectivity index (χ2n) is 6.31. The molecule has 1 aliphatic rings. The van der Waals surface area contributed by atoms with Crippen LogP contribution in [-0.4, -0.2) is 37.0 Å². The maximum absolute atomic E-state index is 4.76. The number of benzene rings is 2. The van der Waals surface area contributed by atoms with Gasteiger partial charge in [0, 0.05) is 37.6 Å². The number of guanidine groups is 1. The van der Waals surface area contributed by atoms with E-state index in [-0.39, 0.29) is 0 Å². The second kappa shape index (κ2) is 7.97. The van der Waals surface area contributed by atoms with Crippen molar-refractivity contribution in [2.45, 2.75) is 20.3 Å². The fourth-order valence-corrected chi connectivity index (χ4v) is 2.57. The molecule has 24 heavy (non-hydrogen) atoms. The highest BCUT2D eigenvalue weighted by molar-refractivity contribution is 6.04. The van der Waals surface area contributed by atoms with Crippen molar-refractivity contribution in [3.63, 3.8) is 0 Å². The summed E-state index contributed by atoms with van der Waals surface area (Å²) in [6.07, 6.45) is 1.09. The highest BCUT2D eigenvalue weighted by atomic mass is 15.3. The number of hydrogen-bond acceptors (Lipinski definition) is 2. The lowest BCUT2D eigenvalue weighted by atomic mass is 10.2. The first kappa shape index (κ1) is 16.5. The van der Waals surface area contributed by atoms with Crippen LogP contribution in [-0.2, 0) is 0 Å². The van der Waals surface area contributed by atoms with Crippen LogP contribution in [0.2, 0.25) is 0 Å². The average Bonchev–Trinajstić information content (AvgIpc) is 3.40. The zero-order valence-corrected chi connectivity index (χ0v) is 14.5. The maximum Gasteiger partial charge on any atom is 0.200 e. The first-order chi connectivity index (χ1) is 11.7. The van der Waals surface area contributed by atoms with Crippen LogP contribution in [0.1, 0.15) is 17.5 Å². The van der Waals surface area contributed by atoms with Crippen LogP contribution in [0.4, 0.5) is 11.4 Å². The van der Waals surface area contributed by atoms with Gasteiger partial charge in [-0.2, -0.15) is 0 Å². The lowest BCUT2D eigenvalue weighted by Gasteiger charge is -2.15. The number of para-hydroxylation sites is 2. The molecule has 2 aromatic carbocycles. The van der Waals surface area contributed by atoms with E-state index >= 15 is 0 Å². The van der Waals surface area contributed by atoms with E-state index in [9.17, 15) is 0 Å². The van der Waals surface area contributed by atoms with E-state index in [1.54, 1.807) is 0 Å². The summed E-state index contributed by atoms with van der Waals surface area (Å²) in [5.74, 6) is 0.810. The molecule has 0 aliphatic carbocycles. The van der Waals surface area contributed by atoms with Gasteiger partial charge >= 0.3 is 0 Å². The maximum atomic E-state index is 4.76. The SMILES string of the molecule is Cc1ccccc1NC(=NCCCN1CC1)Nc1ccccc1C. The van der Waals surface area contributed by atoms with Crippen LogP contribution >= 0.6 is 0 Å². The fourth-order valence-electron chi connectivity index (χ4n) is 2.57. The Bertz CT molecular complexity index is 655. The van der Waals surface area contributed by atoms with Gasteiger partial charge in [0.25, 0.3) is 0 Å². The molecule has 1 saturated heterocycles. The zero-order chi connectivity index (χ0) is 16.8. The molecule has 1 fully saturated rings. The first-order valence-electron chi connectivity index (χ1n) is 8.64. The molecular weight excluding hydrogens is 296 g/mol. The van der Waals surface area contributed by atoms with Gasteiger partial charge in [-0.15, -0.1) is 0 Å².